The number of rotatable bonds is 8. The summed E-state index contributed by atoms with van der Waals surface area (Å²) in [6.07, 6.45) is 2.75. The Morgan fingerprint density at radius 1 is 1.03 bits per heavy atom. The van der Waals surface area contributed by atoms with Crippen molar-refractivity contribution in [2.24, 2.45) is 5.10 Å². The van der Waals surface area contributed by atoms with Crippen molar-refractivity contribution in [3.8, 4) is 34.1 Å². The monoisotopic (exact) mass is 443 g/mol. The number of nitrogens with zero attached hydrogens (tertiary/aromatic N) is 4. The number of hydrazone groups is 1. The molecule has 5 rings (SSSR count). The number of aromatic amines is 1. The van der Waals surface area contributed by atoms with Crippen molar-refractivity contribution in [3.63, 3.8) is 0 Å². The first-order valence-electron chi connectivity index (χ1n) is 10.9. The minimum atomic E-state index is 0.511. The fourth-order valence-electron chi connectivity index (χ4n) is 3.64. The van der Waals surface area contributed by atoms with Gasteiger partial charge in [0.2, 0.25) is 0 Å². The Hall–Kier alpha value is -4.07. The average Bonchev–Trinajstić information content (AvgIpc) is 3.50. The zero-order valence-corrected chi connectivity index (χ0v) is 18.6. The van der Waals surface area contributed by atoms with Crippen LogP contribution in [0.15, 0.2) is 64.2 Å². The summed E-state index contributed by atoms with van der Waals surface area (Å²) in [5, 5.41) is 10.7. The van der Waals surface area contributed by atoms with Gasteiger partial charge in [0.25, 0.3) is 0 Å². The fourth-order valence-corrected chi connectivity index (χ4v) is 3.64. The van der Waals surface area contributed by atoms with Gasteiger partial charge in [-0.15, -0.1) is 0 Å². The number of H-pyrrole nitrogens is 1. The van der Waals surface area contributed by atoms with Crippen LogP contribution in [0.25, 0.3) is 22.6 Å². The van der Waals surface area contributed by atoms with E-state index < -0.39 is 0 Å². The molecule has 0 bridgehead atoms. The molecule has 8 nitrogen and oxygen atoms in total. The highest BCUT2D eigenvalue weighted by Crippen LogP contribution is 2.26. The van der Waals surface area contributed by atoms with Crippen LogP contribution in [0.1, 0.15) is 30.5 Å². The third kappa shape index (κ3) is 4.59. The molecule has 2 aromatic heterocycles. The van der Waals surface area contributed by atoms with Gasteiger partial charge in [0.1, 0.15) is 28.7 Å². The summed E-state index contributed by atoms with van der Waals surface area (Å²) in [4.78, 5) is 8.08. The topological polar surface area (TPSA) is 88.8 Å². The molecule has 0 amide bonds. The molecule has 168 valence electrons. The van der Waals surface area contributed by atoms with Crippen molar-refractivity contribution in [1.29, 1.82) is 0 Å². The highest BCUT2D eigenvalue weighted by molar-refractivity contribution is 5.80. The molecule has 0 unspecified atom stereocenters. The van der Waals surface area contributed by atoms with Crippen molar-refractivity contribution >= 4 is 6.21 Å². The van der Waals surface area contributed by atoms with Gasteiger partial charge in [-0.05, 0) is 55.0 Å². The summed E-state index contributed by atoms with van der Waals surface area (Å²) in [7, 11) is 1.66. The minimum Gasteiger partial charge on any atom is -0.497 e. The van der Waals surface area contributed by atoms with Crippen molar-refractivity contribution < 1.29 is 14.0 Å². The third-order valence-corrected chi connectivity index (χ3v) is 5.38. The summed E-state index contributed by atoms with van der Waals surface area (Å²) < 4.78 is 16.4. The maximum Gasteiger partial charge on any atom is 0.158 e. The van der Waals surface area contributed by atoms with Crippen LogP contribution in [0, 0.1) is 0 Å². The molecular formula is C25H25N5O3. The van der Waals surface area contributed by atoms with Gasteiger partial charge in [-0.25, -0.2) is 4.98 Å². The molecule has 0 saturated carbocycles. The minimum absolute atomic E-state index is 0.511. The van der Waals surface area contributed by atoms with E-state index >= 15 is 0 Å². The molecule has 1 aliphatic rings. The van der Waals surface area contributed by atoms with Crippen LogP contribution < -0.4 is 9.47 Å². The van der Waals surface area contributed by atoms with Crippen molar-refractivity contribution in [1.82, 2.24) is 20.1 Å². The second kappa shape index (κ2) is 9.20. The lowest BCUT2D eigenvalue weighted by Gasteiger charge is -2.19. The van der Waals surface area contributed by atoms with Crippen LogP contribution in [0.5, 0.6) is 11.5 Å². The maximum absolute atomic E-state index is 5.64. The average molecular weight is 444 g/mol. The van der Waals surface area contributed by atoms with Gasteiger partial charge in [-0.3, -0.25) is 5.01 Å². The SMILES string of the molecule is CCCOc1ccc(-c2cc(CN3Cc4[nH]c(-c5ccc(OC)cc5)nc4C=N3)on2)cc1. The van der Waals surface area contributed by atoms with Gasteiger partial charge in [-0.1, -0.05) is 12.1 Å². The Morgan fingerprint density at radius 3 is 2.55 bits per heavy atom. The van der Waals surface area contributed by atoms with Gasteiger partial charge < -0.3 is 19.0 Å². The van der Waals surface area contributed by atoms with Crippen LogP contribution in [0.2, 0.25) is 0 Å². The van der Waals surface area contributed by atoms with Crippen molar-refractivity contribution in [2.45, 2.75) is 26.4 Å². The second-order valence-corrected chi connectivity index (χ2v) is 7.80. The van der Waals surface area contributed by atoms with Crippen molar-refractivity contribution in [3.05, 3.63) is 71.7 Å². The number of imidazole rings is 1. The molecule has 0 aliphatic carbocycles. The summed E-state index contributed by atoms with van der Waals surface area (Å²) in [6, 6.07) is 17.6. The lowest BCUT2D eigenvalue weighted by molar-refractivity contribution is 0.229. The smallest absolute Gasteiger partial charge is 0.158 e. The normalized spacial score (nSPS) is 12.6. The van der Waals surface area contributed by atoms with Crippen LogP contribution in [-0.2, 0) is 13.1 Å². The van der Waals surface area contributed by atoms with Gasteiger partial charge in [-0.2, -0.15) is 5.10 Å². The molecule has 8 heteroatoms. The molecular weight excluding hydrogens is 418 g/mol. The highest BCUT2D eigenvalue weighted by atomic mass is 16.5. The number of benzene rings is 2. The lowest BCUT2D eigenvalue weighted by atomic mass is 10.1. The first-order chi connectivity index (χ1) is 16.2. The summed E-state index contributed by atoms with van der Waals surface area (Å²) in [6.45, 7) is 3.92. The lowest BCUT2D eigenvalue weighted by Crippen LogP contribution is -2.21. The van der Waals surface area contributed by atoms with E-state index in [1.807, 2.05) is 59.6 Å². The summed E-state index contributed by atoms with van der Waals surface area (Å²) >= 11 is 0. The second-order valence-electron chi connectivity index (χ2n) is 7.80. The van der Waals surface area contributed by atoms with E-state index in [0.29, 0.717) is 19.7 Å². The number of fused-ring (bicyclic) bond motifs is 1. The van der Waals surface area contributed by atoms with Gasteiger partial charge >= 0.3 is 0 Å². The number of ether oxygens (including phenoxy) is 2. The summed E-state index contributed by atoms with van der Waals surface area (Å²) in [5.41, 5.74) is 4.63. The summed E-state index contributed by atoms with van der Waals surface area (Å²) in [5.74, 6) is 3.22. The first kappa shape index (κ1) is 20.8. The van der Waals surface area contributed by atoms with Gasteiger partial charge in [0.15, 0.2) is 5.76 Å². The van der Waals surface area contributed by atoms with Gasteiger partial charge in [0.05, 0.1) is 38.7 Å². The molecule has 0 atom stereocenters. The Labute approximate surface area is 191 Å². The van der Waals surface area contributed by atoms with Crippen LogP contribution in [0.4, 0.5) is 0 Å². The van der Waals surface area contributed by atoms with E-state index in [0.717, 1.165) is 57.7 Å². The number of methoxy groups -OCH3 is 1. The van der Waals surface area contributed by atoms with Crippen LogP contribution in [-0.4, -0.2) is 40.1 Å². The Morgan fingerprint density at radius 2 is 1.79 bits per heavy atom. The predicted molar refractivity (Wildman–Crippen MR) is 125 cm³/mol. The van der Waals surface area contributed by atoms with E-state index in [4.69, 9.17) is 14.0 Å². The molecule has 4 aromatic rings. The highest BCUT2D eigenvalue weighted by Gasteiger charge is 2.19. The first-order valence-corrected chi connectivity index (χ1v) is 10.9. The third-order valence-electron chi connectivity index (χ3n) is 5.38. The zero-order valence-electron chi connectivity index (χ0n) is 18.6. The molecule has 0 spiro atoms. The standard InChI is InChI=1S/C25H25N5O3/c1-3-12-32-20-10-4-17(5-11-20)22-13-21(33-29-22)15-30-16-24-23(14-26-30)27-25(28-24)18-6-8-19(31-2)9-7-18/h4-11,13-14H,3,12,15-16H2,1-2H3,(H,27,28). The quantitative estimate of drug-likeness (QED) is 0.418. The van der Waals surface area contributed by atoms with E-state index in [1.165, 1.54) is 0 Å². The molecule has 1 aliphatic heterocycles. The van der Waals surface area contributed by atoms with Crippen LogP contribution in [0.3, 0.4) is 0 Å². The van der Waals surface area contributed by atoms with E-state index in [2.05, 4.69) is 27.1 Å². The van der Waals surface area contributed by atoms with Gasteiger partial charge in [0, 0.05) is 17.2 Å². The molecule has 0 radical (unpaired) electrons. The maximum atomic E-state index is 5.64. The Bertz CT molecular complexity index is 1240. The van der Waals surface area contributed by atoms with E-state index in [1.54, 1.807) is 13.3 Å². The van der Waals surface area contributed by atoms with E-state index in [-0.39, 0.29) is 0 Å². The Balaban J connectivity index is 1.24. The largest absolute Gasteiger partial charge is 0.497 e. The van der Waals surface area contributed by atoms with E-state index in [9.17, 15) is 0 Å². The number of hydrogen-bond acceptors (Lipinski definition) is 7. The molecule has 2 aromatic carbocycles. The zero-order chi connectivity index (χ0) is 22.6. The molecule has 3 heterocycles. The fraction of sp³-hybridized carbons (Fsp3) is 0.240. The van der Waals surface area contributed by atoms with Crippen molar-refractivity contribution in [2.75, 3.05) is 13.7 Å². The molecule has 33 heavy (non-hydrogen) atoms. The number of nitrogens with one attached hydrogen (secondary N) is 1. The number of aromatic nitrogens is 3. The predicted octanol–water partition coefficient (Wildman–Crippen LogP) is 4.88. The molecule has 0 saturated heterocycles. The number of hydrogen-bond donors (Lipinski definition) is 1. The Kier molecular flexibility index (Phi) is 5.80. The molecule has 1 N–H and O–H groups in total. The molecule has 0 fully saturated rings. The van der Waals surface area contributed by atoms with Crippen LogP contribution >= 0.6 is 0 Å².